The molecule has 1 heterocycles. The van der Waals surface area contributed by atoms with E-state index in [-0.39, 0.29) is 12.1 Å². The molecule has 0 aliphatic heterocycles. The van der Waals surface area contributed by atoms with Crippen molar-refractivity contribution in [1.82, 2.24) is 15.1 Å². The minimum Gasteiger partial charge on any atom is -0.394 e. The van der Waals surface area contributed by atoms with Crippen LogP contribution in [0.3, 0.4) is 0 Å². The number of aromatic nitrogens is 2. The van der Waals surface area contributed by atoms with Gasteiger partial charge in [-0.2, -0.15) is 5.10 Å². The van der Waals surface area contributed by atoms with Crippen LogP contribution >= 0.6 is 0 Å². The van der Waals surface area contributed by atoms with Gasteiger partial charge in [0.25, 0.3) is 0 Å². The fraction of sp³-hybridized carbons (Fsp3) is 0.700. The minimum atomic E-state index is -0.233. The molecule has 2 N–H and O–H groups in total. The van der Waals surface area contributed by atoms with Crippen LogP contribution in [0.1, 0.15) is 26.5 Å². The van der Waals surface area contributed by atoms with Crippen molar-refractivity contribution in [2.24, 2.45) is 0 Å². The molecule has 4 nitrogen and oxygen atoms in total. The van der Waals surface area contributed by atoms with E-state index in [9.17, 15) is 0 Å². The van der Waals surface area contributed by atoms with Gasteiger partial charge in [0.2, 0.25) is 0 Å². The minimum absolute atomic E-state index is 0.132. The van der Waals surface area contributed by atoms with E-state index in [4.69, 9.17) is 5.11 Å². The van der Waals surface area contributed by atoms with E-state index < -0.39 is 0 Å². The van der Waals surface area contributed by atoms with Crippen molar-refractivity contribution in [3.05, 3.63) is 18.0 Å². The standard InChI is InChI=1S/C10H19N3O/c1-4-13-9(5-6-12-13)7-11-10(2,3)8-14/h5-6,11,14H,4,7-8H2,1-3H3. The number of aliphatic hydroxyl groups is 1. The van der Waals surface area contributed by atoms with E-state index in [0.29, 0.717) is 0 Å². The Morgan fingerprint density at radius 2 is 2.29 bits per heavy atom. The Hall–Kier alpha value is -0.870. The molecule has 1 aromatic heterocycles. The Morgan fingerprint density at radius 1 is 1.57 bits per heavy atom. The molecule has 0 radical (unpaired) electrons. The molecular formula is C10H19N3O. The summed E-state index contributed by atoms with van der Waals surface area (Å²) in [5, 5.41) is 16.5. The SMILES string of the molecule is CCn1nccc1CNC(C)(C)CO. The Morgan fingerprint density at radius 3 is 2.86 bits per heavy atom. The number of aryl methyl sites for hydroxylation is 1. The van der Waals surface area contributed by atoms with E-state index in [0.717, 1.165) is 18.8 Å². The van der Waals surface area contributed by atoms with Crippen molar-refractivity contribution in [3.63, 3.8) is 0 Å². The van der Waals surface area contributed by atoms with Crippen molar-refractivity contribution in [3.8, 4) is 0 Å². The fourth-order valence-corrected chi connectivity index (χ4v) is 1.18. The molecule has 0 aromatic carbocycles. The maximum atomic E-state index is 9.06. The molecule has 1 rings (SSSR count). The molecule has 4 heteroatoms. The van der Waals surface area contributed by atoms with Crippen molar-refractivity contribution in [2.45, 2.75) is 39.4 Å². The monoisotopic (exact) mass is 197 g/mol. The van der Waals surface area contributed by atoms with Crippen molar-refractivity contribution >= 4 is 0 Å². The van der Waals surface area contributed by atoms with Crippen LogP contribution in [0, 0.1) is 0 Å². The van der Waals surface area contributed by atoms with Gasteiger partial charge in [0.1, 0.15) is 0 Å². The zero-order chi connectivity index (χ0) is 10.6. The number of nitrogens with zero attached hydrogens (tertiary/aromatic N) is 2. The van der Waals surface area contributed by atoms with Crippen molar-refractivity contribution in [1.29, 1.82) is 0 Å². The van der Waals surface area contributed by atoms with E-state index in [1.807, 2.05) is 24.6 Å². The topological polar surface area (TPSA) is 50.1 Å². The van der Waals surface area contributed by atoms with Gasteiger partial charge < -0.3 is 10.4 Å². The molecule has 0 bridgehead atoms. The number of nitrogens with one attached hydrogen (secondary N) is 1. The van der Waals surface area contributed by atoms with Crippen LogP contribution in [0.25, 0.3) is 0 Å². The number of aliphatic hydroxyl groups excluding tert-OH is 1. The summed E-state index contributed by atoms with van der Waals surface area (Å²) < 4.78 is 1.94. The van der Waals surface area contributed by atoms with Gasteiger partial charge in [-0.25, -0.2) is 0 Å². The maximum Gasteiger partial charge on any atom is 0.0607 e. The quantitative estimate of drug-likeness (QED) is 0.733. The van der Waals surface area contributed by atoms with Gasteiger partial charge in [0.05, 0.1) is 12.3 Å². The Kier molecular flexibility index (Phi) is 3.66. The molecular weight excluding hydrogens is 178 g/mol. The molecule has 0 saturated carbocycles. The van der Waals surface area contributed by atoms with Gasteiger partial charge in [-0.15, -0.1) is 0 Å². The van der Waals surface area contributed by atoms with Crippen LogP contribution in [0.5, 0.6) is 0 Å². The second kappa shape index (κ2) is 4.57. The normalized spacial score (nSPS) is 12.0. The van der Waals surface area contributed by atoms with Crippen molar-refractivity contribution in [2.75, 3.05) is 6.61 Å². The highest BCUT2D eigenvalue weighted by Crippen LogP contribution is 2.04. The third-order valence-corrected chi connectivity index (χ3v) is 2.25. The van der Waals surface area contributed by atoms with Crippen LogP contribution in [0.2, 0.25) is 0 Å². The summed E-state index contributed by atoms with van der Waals surface area (Å²) >= 11 is 0. The summed E-state index contributed by atoms with van der Waals surface area (Å²) in [5.41, 5.74) is 0.914. The predicted octanol–water partition coefficient (Wildman–Crippen LogP) is 0.763. The average molecular weight is 197 g/mol. The van der Waals surface area contributed by atoms with Gasteiger partial charge >= 0.3 is 0 Å². The molecule has 0 amide bonds. The Labute approximate surface area is 84.9 Å². The van der Waals surface area contributed by atoms with Crippen LogP contribution in [0.4, 0.5) is 0 Å². The zero-order valence-electron chi connectivity index (χ0n) is 9.12. The maximum absolute atomic E-state index is 9.06. The third-order valence-electron chi connectivity index (χ3n) is 2.25. The molecule has 0 aliphatic carbocycles. The Bertz CT molecular complexity index is 281. The van der Waals surface area contributed by atoms with Crippen LogP contribution < -0.4 is 5.32 Å². The first-order chi connectivity index (χ1) is 6.59. The lowest BCUT2D eigenvalue weighted by molar-refractivity contribution is 0.186. The van der Waals surface area contributed by atoms with Gasteiger partial charge in [-0.05, 0) is 26.8 Å². The highest BCUT2D eigenvalue weighted by atomic mass is 16.3. The molecule has 1 aromatic rings. The molecule has 0 aliphatic rings. The molecule has 0 unspecified atom stereocenters. The Balaban J connectivity index is 2.53. The summed E-state index contributed by atoms with van der Waals surface area (Å²) in [6, 6.07) is 1.99. The van der Waals surface area contributed by atoms with Crippen molar-refractivity contribution < 1.29 is 5.11 Å². The first-order valence-corrected chi connectivity index (χ1v) is 4.95. The molecule has 0 spiro atoms. The molecule has 80 valence electrons. The summed E-state index contributed by atoms with van der Waals surface area (Å²) in [6.45, 7) is 7.76. The van der Waals surface area contributed by atoms with Gasteiger partial charge in [-0.3, -0.25) is 4.68 Å². The van der Waals surface area contributed by atoms with E-state index in [2.05, 4.69) is 17.3 Å². The fourth-order valence-electron chi connectivity index (χ4n) is 1.18. The third kappa shape index (κ3) is 2.82. The lowest BCUT2D eigenvalue weighted by Crippen LogP contribution is -2.42. The van der Waals surface area contributed by atoms with Gasteiger partial charge in [0, 0.05) is 24.8 Å². The number of hydrogen-bond acceptors (Lipinski definition) is 3. The first kappa shape index (κ1) is 11.2. The number of rotatable bonds is 5. The largest absolute Gasteiger partial charge is 0.394 e. The molecule has 0 fully saturated rings. The lowest BCUT2D eigenvalue weighted by Gasteiger charge is -2.23. The van der Waals surface area contributed by atoms with E-state index in [1.54, 1.807) is 6.20 Å². The average Bonchev–Trinajstić information content (AvgIpc) is 2.62. The van der Waals surface area contributed by atoms with Crippen LogP contribution in [-0.2, 0) is 13.1 Å². The summed E-state index contributed by atoms with van der Waals surface area (Å²) in [6.07, 6.45) is 1.80. The van der Waals surface area contributed by atoms with E-state index >= 15 is 0 Å². The van der Waals surface area contributed by atoms with Gasteiger partial charge in [-0.1, -0.05) is 0 Å². The summed E-state index contributed by atoms with van der Waals surface area (Å²) in [4.78, 5) is 0. The number of hydrogen-bond donors (Lipinski definition) is 2. The molecule has 0 atom stereocenters. The lowest BCUT2D eigenvalue weighted by atomic mass is 10.1. The van der Waals surface area contributed by atoms with Crippen LogP contribution in [0.15, 0.2) is 12.3 Å². The van der Waals surface area contributed by atoms with E-state index in [1.165, 1.54) is 0 Å². The summed E-state index contributed by atoms with van der Waals surface area (Å²) in [5.74, 6) is 0. The first-order valence-electron chi connectivity index (χ1n) is 4.95. The summed E-state index contributed by atoms with van der Waals surface area (Å²) in [7, 11) is 0. The predicted molar refractivity (Wildman–Crippen MR) is 55.9 cm³/mol. The smallest absolute Gasteiger partial charge is 0.0607 e. The zero-order valence-corrected chi connectivity index (χ0v) is 9.12. The highest BCUT2D eigenvalue weighted by molar-refractivity contribution is 5.00. The second-order valence-electron chi connectivity index (χ2n) is 4.03. The highest BCUT2D eigenvalue weighted by Gasteiger charge is 2.15. The van der Waals surface area contributed by atoms with Gasteiger partial charge in [0.15, 0.2) is 0 Å². The molecule has 0 saturated heterocycles. The molecule has 14 heavy (non-hydrogen) atoms. The second-order valence-corrected chi connectivity index (χ2v) is 4.03. The van der Waals surface area contributed by atoms with Crippen LogP contribution in [-0.4, -0.2) is 27.0 Å².